The highest BCUT2D eigenvalue weighted by Crippen LogP contribution is 2.30. The van der Waals surface area contributed by atoms with Crippen LogP contribution in [0.4, 0.5) is 5.82 Å². The molecule has 0 atom stereocenters. The summed E-state index contributed by atoms with van der Waals surface area (Å²) in [4.78, 5) is 6.32. The molecule has 0 fully saturated rings. The molecule has 0 amide bonds. The molecule has 0 unspecified atom stereocenters. The van der Waals surface area contributed by atoms with E-state index in [2.05, 4.69) is 4.98 Å². The number of rotatable bonds is 2. The van der Waals surface area contributed by atoms with Crippen molar-refractivity contribution in [2.45, 2.75) is 6.54 Å². The smallest absolute Gasteiger partial charge is 0.132 e. The van der Waals surface area contributed by atoms with E-state index in [0.717, 1.165) is 15.3 Å². The molecule has 0 aromatic carbocycles. The predicted octanol–water partition coefficient (Wildman–Crippen LogP) is 1.85. The molecule has 14 heavy (non-hydrogen) atoms. The maximum absolute atomic E-state index is 5.77. The topological polar surface area (TPSA) is 64.9 Å². The summed E-state index contributed by atoms with van der Waals surface area (Å²) in [6.45, 7) is 0.574. The van der Waals surface area contributed by atoms with Crippen molar-refractivity contribution in [3.05, 3.63) is 35.3 Å². The lowest BCUT2D eigenvalue weighted by Gasteiger charge is -1.99. The molecule has 3 nitrogen and oxygen atoms in total. The Morgan fingerprint density at radius 2 is 2.14 bits per heavy atom. The third kappa shape index (κ3) is 1.62. The van der Waals surface area contributed by atoms with Crippen LogP contribution in [0, 0.1) is 0 Å². The van der Waals surface area contributed by atoms with E-state index in [0.29, 0.717) is 12.4 Å². The van der Waals surface area contributed by atoms with E-state index in [1.807, 2.05) is 24.3 Å². The summed E-state index contributed by atoms with van der Waals surface area (Å²) in [5.74, 6) is 0.568. The Morgan fingerprint density at radius 1 is 1.29 bits per heavy atom. The van der Waals surface area contributed by atoms with Gasteiger partial charge >= 0.3 is 0 Å². The number of anilines is 1. The Labute approximate surface area is 86.4 Å². The predicted molar refractivity (Wildman–Crippen MR) is 59.9 cm³/mol. The van der Waals surface area contributed by atoms with E-state index in [-0.39, 0.29) is 0 Å². The lowest BCUT2D eigenvalue weighted by molar-refractivity contribution is 1.11. The van der Waals surface area contributed by atoms with Crippen LogP contribution in [-0.4, -0.2) is 4.98 Å². The molecule has 0 bridgehead atoms. The van der Waals surface area contributed by atoms with Crippen LogP contribution in [0.1, 0.15) is 4.88 Å². The van der Waals surface area contributed by atoms with Gasteiger partial charge in [-0.1, -0.05) is 0 Å². The molecule has 72 valence electrons. The van der Waals surface area contributed by atoms with Crippen LogP contribution < -0.4 is 11.5 Å². The largest absolute Gasteiger partial charge is 0.383 e. The monoisotopic (exact) mass is 205 g/mol. The summed E-state index contributed by atoms with van der Waals surface area (Å²) in [5, 5.41) is 0. The lowest BCUT2D eigenvalue weighted by atomic mass is 10.2. The average Bonchev–Trinajstić information content (AvgIpc) is 2.67. The van der Waals surface area contributed by atoms with Crippen molar-refractivity contribution < 1.29 is 0 Å². The van der Waals surface area contributed by atoms with Gasteiger partial charge in [-0.05, 0) is 24.3 Å². The number of nitrogen functional groups attached to an aromatic ring is 1. The second-order valence-corrected chi connectivity index (χ2v) is 4.07. The third-order valence-corrected chi connectivity index (χ3v) is 3.11. The van der Waals surface area contributed by atoms with Gasteiger partial charge in [0.15, 0.2) is 0 Å². The molecular formula is C10H11N3S. The van der Waals surface area contributed by atoms with E-state index in [9.17, 15) is 0 Å². The molecule has 0 aliphatic heterocycles. The first kappa shape index (κ1) is 9.18. The SMILES string of the molecule is NCc1ccc(-c2cccnc2N)s1. The van der Waals surface area contributed by atoms with Crippen molar-refractivity contribution in [3.8, 4) is 10.4 Å². The summed E-state index contributed by atoms with van der Waals surface area (Å²) < 4.78 is 0. The molecular weight excluding hydrogens is 194 g/mol. The molecule has 4 N–H and O–H groups in total. The second kappa shape index (κ2) is 3.77. The number of pyridine rings is 1. The lowest BCUT2D eigenvalue weighted by Crippen LogP contribution is -1.92. The summed E-state index contributed by atoms with van der Waals surface area (Å²) in [7, 11) is 0. The van der Waals surface area contributed by atoms with Gasteiger partial charge in [0, 0.05) is 28.1 Å². The van der Waals surface area contributed by atoms with Crippen molar-refractivity contribution in [1.82, 2.24) is 4.98 Å². The standard InChI is InChI=1S/C10H11N3S/c11-6-7-3-4-9(14-7)8-2-1-5-13-10(8)12/h1-5H,6,11H2,(H2,12,13). The van der Waals surface area contributed by atoms with Crippen molar-refractivity contribution >= 4 is 17.2 Å². The summed E-state index contributed by atoms with van der Waals surface area (Å²) in [6.07, 6.45) is 1.69. The minimum Gasteiger partial charge on any atom is -0.383 e. The van der Waals surface area contributed by atoms with Gasteiger partial charge in [-0.2, -0.15) is 0 Å². The highest BCUT2D eigenvalue weighted by atomic mass is 32.1. The van der Waals surface area contributed by atoms with E-state index in [1.165, 1.54) is 0 Å². The Hall–Kier alpha value is -1.39. The van der Waals surface area contributed by atoms with Crippen LogP contribution >= 0.6 is 11.3 Å². The molecule has 2 heterocycles. The van der Waals surface area contributed by atoms with E-state index in [4.69, 9.17) is 11.5 Å². The van der Waals surface area contributed by atoms with E-state index in [1.54, 1.807) is 17.5 Å². The number of nitrogens with zero attached hydrogens (tertiary/aromatic N) is 1. The van der Waals surface area contributed by atoms with Gasteiger partial charge < -0.3 is 11.5 Å². The first-order chi connectivity index (χ1) is 6.81. The maximum Gasteiger partial charge on any atom is 0.132 e. The highest BCUT2D eigenvalue weighted by molar-refractivity contribution is 7.15. The minimum absolute atomic E-state index is 0.568. The molecule has 0 saturated carbocycles. The Kier molecular flexibility index (Phi) is 2.47. The molecule has 4 heteroatoms. The average molecular weight is 205 g/mol. The van der Waals surface area contributed by atoms with Gasteiger partial charge in [-0.25, -0.2) is 4.98 Å². The second-order valence-electron chi connectivity index (χ2n) is 2.91. The van der Waals surface area contributed by atoms with Crippen LogP contribution in [-0.2, 0) is 6.54 Å². The fourth-order valence-corrected chi connectivity index (χ4v) is 2.18. The number of hydrogen-bond acceptors (Lipinski definition) is 4. The van der Waals surface area contributed by atoms with Gasteiger partial charge in [-0.3, -0.25) is 0 Å². The third-order valence-electron chi connectivity index (χ3n) is 1.97. The van der Waals surface area contributed by atoms with Crippen LogP contribution in [0.3, 0.4) is 0 Å². The van der Waals surface area contributed by atoms with Crippen LogP contribution in [0.15, 0.2) is 30.5 Å². The number of thiophene rings is 1. The van der Waals surface area contributed by atoms with Gasteiger partial charge in [0.25, 0.3) is 0 Å². The molecule has 2 aromatic heterocycles. The molecule has 0 aliphatic carbocycles. The zero-order chi connectivity index (χ0) is 9.97. The molecule has 0 spiro atoms. The van der Waals surface area contributed by atoms with Crippen molar-refractivity contribution in [2.75, 3.05) is 5.73 Å². The van der Waals surface area contributed by atoms with Crippen molar-refractivity contribution in [3.63, 3.8) is 0 Å². The minimum atomic E-state index is 0.568. The summed E-state index contributed by atoms with van der Waals surface area (Å²) in [6, 6.07) is 7.90. The van der Waals surface area contributed by atoms with Crippen LogP contribution in [0.25, 0.3) is 10.4 Å². The number of nitrogens with two attached hydrogens (primary N) is 2. The first-order valence-electron chi connectivity index (χ1n) is 4.31. The number of hydrogen-bond donors (Lipinski definition) is 2. The van der Waals surface area contributed by atoms with E-state index < -0.39 is 0 Å². The first-order valence-corrected chi connectivity index (χ1v) is 5.12. The highest BCUT2D eigenvalue weighted by Gasteiger charge is 2.05. The fourth-order valence-electron chi connectivity index (χ4n) is 1.26. The molecule has 2 rings (SSSR count). The summed E-state index contributed by atoms with van der Waals surface area (Å²) in [5.41, 5.74) is 12.3. The van der Waals surface area contributed by atoms with E-state index >= 15 is 0 Å². The van der Waals surface area contributed by atoms with Gasteiger partial charge in [0.2, 0.25) is 0 Å². The Morgan fingerprint density at radius 3 is 2.79 bits per heavy atom. The maximum atomic E-state index is 5.77. The van der Waals surface area contributed by atoms with Crippen LogP contribution in [0.2, 0.25) is 0 Å². The van der Waals surface area contributed by atoms with Gasteiger partial charge in [0.05, 0.1) is 0 Å². The summed E-state index contributed by atoms with van der Waals surface area (Å²) >= 11 is 1.66. The van der Waals surface area contributed by atoms with Gasteiger partial charge in [0.1, 0.15) is 5.82 Å². The number of aromatic nitrogens is 1. The van der Waals surface area contributed by atoms with Gasteiger partial charge in [-0.15, -0.1) is 11.3 Å². The van der Waals surface area contributed by atoms with Crippen molar-refractivity contribution in [2.24, 2.45) is 5.73 Å². The molecule has 0 radical (unpaired) electrons. The molecule has 0 aliphatic rings. The Bertz CT molecular complexity index is 436. The zero-order valence-corrected chi connectivity index (χ0v) is 8.42. The van der Waals surface area contributed by atoms with Crippen molar-refractivity contribution in [1.29, 1.82) is 0 Å². The molecule has 2 aromatic rings. The van der Waals surface area contributed by atoms with Crippen LogP contribution in [0.5, 0.6) is 0 Å². The normalized spacial score (nSPS) is 10.4. The quantitative estimate of drug-likeness (QED) is 0.786. The Balaban J connectivity index is 2.44. The fraction of sp³-hybridized carbons (Fsp3) is 0.100. The molecule has 0 saturated heterocycles. The zero-order valence-electron chi connectivity index (χ0n) is 7.60.